The molecule has 1 N–H and O–H groups in total. The summed E-state index contributed by atoms with van der Waals surface area (Å²) in [6.07, 6.45) is 10.0. The predicted octanol–water partition coefficient (Wildman–Crippen LogP) is 2.39. The maximum atomic E-state index is 3.78. The van der Waals surface area contributed by atoms with Crippen LogP contribution in [-0.4, -0.2) is 36.1 Å². The summed E-state index contributed by atoms with van der Waals surface area (Å²) in [5, 5.41) is 3.78. The lowest BCUT2D eigenvalue weighted by Gasteiger charge is -2.35. The Kier molecular flexibility index (Phi) is 2.97. The van der Waals surface area contributed by atoms with Gasteiger partial charge in [0.15, 0.2) is 0 Å². The summed E-state index contributed by atoms with van der Waals surface area (Å²) in [5.41, 5.74) is 0.470. The Bertz CT molecular complexity index is 237. The van der Waals surface area contributed by atoms with Gasteiger partial charge in [-0.05, 0) is 57.4 Å². The van der Waals surface area contributed by atoms with Gasteiger partial charge in [0.2, 0.25) is 0 Å². The van der Waals surface area contributed by atoms with E-state index in [-0.39, 0.29) is 0 Å². The number of nitrogens with zero attached hydrogens (tertiary/aromatic N) is 1. The monoisotopic (exact) mass is 222 g/mol. The fraction of sp³-hybridized carbons (Fsp3) is 1.00. The van der Waals surface area contributed by atoms with Crippen molar-refractivity contribution in [1.82, 2.24) is 10.2 Å². The first-order chi connectivity index (χ1) is 7.81. The molecule has 0 radical (unpaired) electrons. The van der Waals surface area contributed by atoms with Gasteiger partial charge < -0.3 is 5.32 Å². The SMILES string of the molecule is CCC1(CN(CC2CC2)C2CC2)CCCN1. The van der Waals surface area contributed by atoms with Crippen LogP contribution in [0.2, 0.25) is 0 Å². The number of hydrogen-bond donors (Lipinski definition) is 1. The summed E-state index contributed by atoms with van der Waals surface area (Å²) in [6.45, 7) is 6.33. The molecule has 0 aromatic heterocycles. The largest absolute Gasteiger partial charge is 0.310 e. The molecule has 0 bridgehead atoms. The molecule has 92 valence electrons. The van der Waals surface area contributed by atoms with Crippen molar-refractivity contribution in [2.75, 3.05) is 19.6 Å². The second kappa shape index (κ2) is 4.30. The highest BCUT2D eigenvalue weighted by atomic mass is 15.2. The Balaban J connectivity index is 1.59. The lowest BCUT2D eigenvalue weighted by Crippen LogP contribution is -2.50. The van der Waals surface area contributed by atoms with Crippen molar-refractivity contribution in [3.8, 4) is 0 Å². The van der Waals surface area contributed by atoms with E-state index in [9.17, 15) is 0 Å². The minimum absolute atomic E-state index is 0.470. The topological polar surface area (TPSA) is 15.3 Å². The molecule has 2 aliphatic carbocycles. The molecule has 3 rings (SSSR count). The molecule has 1 heterocycles. The third-order valence-corrected chi connectivity index (χ3v) is 4.77. The van der Waals surface area contributed by atoms with E-state index < -0.39 is 0 Å². The Morgan fingerprint density at radius 2 is 2.06 bits per heavy atom. The summed E-state index contributed by atoms with van der Waals surface area (Å²) < 4.78 is 0. The van der Waals surface area contributed by atoms with Gasteiger partial charge >= 0.3 is 0 Å². The molecule has 0 amide bonds. The molecule has 3 aliphatic rings. The Hall–Kier alpha value is -0.0800. The van der Waals surface area contributed by atoms with E-state index in [1.54, 1.807) is 0 Å². The highest BCUT2D eigenvalue weighted by molar-refractivity contribution is 4.98. The number of hydrogen-bond acceptors (Lipinski definition) is 2. The summed E-state index contributed by atoms with van der Waals surface area (Å²) in [5.74, 6) is 1.05. The molecule has 1 saturated heterocycles. The first-order valence-electron chi connectivity index (χ1n) is 7.30. The van der Waals surface area contributed by atoms with Crippen molar-refractivity contribution in [3.63, 3.8) is 0 Å². The first kappa shape index (κ1) is 11.0. The second-order valence-electron chi connectivity index (χ2n) is 6.27. The molecular weight excluding hydrogens is 196 g/mol. The number of rotatable bonds is 6. The van der Waals surface area contributed by atoms with E-state index in [4.69, 9.17) is 0 Å². The Morgan fingerprint density at radius 1 is 1.25 bits per heavy atom. The van der Waals surface area contributed by atoms with Gasteiger partial charge in [-0.2, -0.15) is 0 Å². The second-order valence-corrected chi connectivity index (χ2v) is 6.27. The highest BCUT2D eigenvalue weighted by Crippen LogP contribution is 2.37. The fourth-order valence-electron chi connectivity index (χ4n) is 3.22. The van der Waals surface area contributed by atoms with Gasteiger partial charge in [0, 0.05) is 24.7 Å². The van der Waals surface area contributed by atoms with Crippen LogP contribution < -0.4 is 5.32 Å². The van der Waals surface area contributed by atoms with Crippen LogP contribution in [0.25, 0.3) is 0 Å². The third kappa shape index (κ3) is 2.43. The van der Waals surface area contributed by atoms with Gasteiger partial charge in [-0.25, -0.2) is 0 Å². The first-order valence-corrected chi connectivity index (χ1v) is 7.30. The fourth-order valence-corrected chi connectivity index (χ4v) is 3.22. The van der Waals surface area contributed by atoms with Crippen LogP contribution in [0.15, 0.2) is 0 Å². The summed E-state index contributed by atoms with van der Waals surface area (Å²) in [7, 11) is 0. The minimum atomic E-state index is 0.470. The van der Waals surface area contributed by atoms with Crippen molar-refractivity contribution in [2.45, 2.75) is 63.5 Å². The van der Waals surface area contributed by atoms with Crippen molar-refractivity contribution in [3.05, 3.63) is 0 Å². The van der Waals surface area contributed by atoms with Crippen LogP contribution in [0, 0.1) is 5.92 Å². The Morgan fingerprint density at radius 3 is 2.56 bits per heavy atom. The highest BCUT2D eigenvalue weighted by Gasteiger charge is 2.40. The van der Waals surface area contributed by atoms with E-state index in [0.29, 0.717) is 5.54 Å². The summed E-state index contributed by atoms with van der Waals surface area (Å²) in [6, 6.07) is 0.950. The average Bonchev–Trinajstić information content (AvgIpc) is 3.19. The molecule has 2 heteroatoms. The average molecular weight is 222 g/mol. The van der Waals surface area contributed by atoms with Gasteiger partial charge in [0.05, 0.1) is 0 Å². The lowest BCUT2D eigenvalue weighted by molar-refractivity contribution is 0.174. The molecule has 1 atom stereocenters. The lowest BCUT2D eigenvalue weighted by atomic mass is 9.93. The molecule has 3 fully saturated rings. The van der Waals surface area contributed by atoms with Gasteiger partial charge in [-0.15, -0.1) is 0 Å². The predicted molar refractivity (Wildman–Crippen MR) is 67.6 cm³/mol. The van der Waals surface area contributed by atoms with Gasteiger partial charge in [0.1, 0.15) is 0 Å². The van der Waals surface area contributed by atoms with Gasteiger partial charge in [-0.3, -0.25) is 4.90 Å². The standard InChI is InChI=1S/C14H26N2/c1-2-14(8-3-9-15-14)11-16(13-6-7-13)10-12-4-5-12/h12-13,15H,2-11H2,1H3. The zero-order chi connectivity index (χ0) is 11.0. The van der Waals surface area contributed by atoms with Crippen LogP contribution in [0.3, 0.4) is 0 Å². The summed E-state index contributed by atoms with van der Waals surface area (Å²) >= 11 is 0. The van der Waals surface area contributed by atoms with Crippen LogP contribution in [0.5, 0.6) is 0 Å². The maximum absolute atomic E-state index is 3.78. The van der Waals surface area contributed by atoms with Gasteiger partial charge in [0.25, 0.3) is 0 Å². The van der Waals surface area contributed by atoms with Crippen LogP contribution >= 0.6 is 0 Å². The molecule has 2 saturated carbocycles. The van der Waals surface area contributed by atoms with Crippen LogP contribution in [0.4, 0.5) is 0 Å². The zero-order valence-corrected chi connectivity index (χ0v) is 10.7. The zero-order valence-electron chi connectivity index (χ0n) is 10.7. The van der Waals surface area contributed by atoms with E-state index in [1.807, 2.05) is 0 Å². The Labute approximate surface area is 99.8 Å². The smallest absolute Gasteiger partial charge is 0.0306 e. The number of nitrogens with one attached hydrogen (secondary N) is 1. The molecule has 0 aromatic carbocycles. The minimum Gasteiger partial charge on any atom is -0.310 e. The van der Waals surface area contributed by atoms with E-state index in [1.165, 1.54) is 64.6 Å². The van der Waals surface area contributed by atoms with Crippen molar-refractivity contribution in [2.24, 2.45) is 5.92 Å². The van der Waals surface area contributed by atoms with Crippen LogP contribution in [0.1, 0.15) is 51.9 Å². The molecule has 1 aliphatic heterocycles. The van der Waals surface area contributed by atoms with E-state index >= 15 is 0 Å². The summed E-state index contributed by atoms with van der Waals surface area (Å²) in [4.78, 5) is 2.82. The van der Waals surface area contributed by atoms with Crippen LogP contribution in [-0.2, 0) is 0 Å². The molecule has 1 unspecified atom stereocenters. The van der Waals surface area contributed by atoms with E-state index in [0.717, 1.165) is 12.0 Å². The quantitative estimate of drug-likeness (QED) is 0.742. The molecule has 0 spiro atoms. The van der Waals surface area contributed by atoms with Gasteiger partial charge in [-0.1, -0.05) is 6.92 Å². The van der Waals surface area contributed by atoms with Crippen molar-refractivity contribution in [1.29, 1.82) is 0 Å². The normalized spacial score (nSPS) is 34.9. The van der Waals surface area contributed by atoms with Crippen molar-refractivity contribution < 1.29 is 0 Å². The molecule has 0 aromatic rings. The molecule has 2 nitrogen and oxygen atoms in total. The molecule has 16 heavy (non-hydrogen) atoms. The maximum Gasteiger partial charge on any atom is 0.0306 e. The molecular formula is C14H26N2. The van der Waals surface area contributed by atoms with Crippen molar-refractivity contribution >= 4 is 0 Å². The van der Waals surface area contributed by atoms with E-state index in [2.05, 4.69) is 17.1 Å². The third-order valence-electron chi connectivity index (χ3n) is 4.77.